The minimum Gasteiger partial charge on any atom is -0.497 e. The van der Waals surface area contributed by atoms with Crippen molar-refractivity contribution >= 4 is 17.0 Å². The Kier molecular flexibility index (Phi) is 4.76. The summed E-state index contributed by atoms with van der Waals surface area (Å²) in [7, 11) is 1.64. The summed E-state index contributed by atoms with van der Waals surface area (Å²) < 4.78 is 5.13. The van der Waals surface area contributed by atoms with E-state index in [0.717, 1.165) is 35.1 Å². The van der Waals surface area contributed by atoms with Gasteiger partial charge in [-0.3, -0.25) is 0 Å². The zero-order valence-corrected chi connectivity index (χ0v) is 12.0. The van der Waals surface area contributed by atoms with Crippen molar-refractivity contribution in [3.63, 3.8) is 0 Å². The number of anilines is 1. The standard InChI is InChI=1S/C14H19N3OS/c1-10(14-17-5-6-19-14)8-16-9-11-3-4-12(18-2)7-13(11)15/h3-7,10,16H,8-9,15H2,1-2H3. The molecule has 1 heterocycles. The van der Waals surface area contributed by atoms with Crippen LogP contribution in [0.2, 0.25) is 0 Å². The summed E-state index contributed by atoms with van der Waals surface area (Å²) in [5.41, 5.74) is 7.83. The highest BCUT2D eigenvalue weighted by Gasteiger charge is 2.08. The largest absolute Gasteiger partial charge is 0.497 e. The fourth-order valence-electron chi connectivity index (χ4n) is 1.85. The van der Waals surface area contributed by atoms with Crippen molar-refractivity contribution in [2.75, 3.05) is 19.4 Å². The number of rotatable bonds is 6. The number of benzene rings is 1. The Bertz CT molecular complexity index is 513. The molecule has 0 aliphatic rings. The molecule has 2 rings (SSSR count). The van der Waals surface area contributed by atoms with Gasteiger partial charge in [-0.15, -0.1) is 11.3 Å². The molecule has 4 nitrogen and oxygen atoms in total. The number of methoxy groups -OCH3 is 1. The molecule has 0 amide bonds. The summed E-state index contributed by atoms with van der Waals surface area (Å²) in [4.78, 5) is 4.32. The van der Waals surface area contributed by atoms with E-state index in [4.69, 9.17) is 10.5 Å². The number of ether oxygens (including phenoxy) is 1. The van der Waals surface area contributed by atoms with Crippen LogP contribution < -0.4 is 15.8 Å². The molecule has 0 spiro atoms. The number of hydrogen-bond donors (Lipinski definition) is 2. The zero-order valence-electron chi connectivity index (χ0n) is 11.2. The highest BCUT2D eigenvalue weighted by Crippen LogP contribution is 2.20. The summed E-state index contributed by atoms with van der Waals surface area (Å²) in [6.45, 7) is 3.81. The first kappa shape index (κ1) is 13.8. The summed E-state index contributed by atoms with van der Waals surface area (Å²) in [6.07, 6.45) is 1.85. The molecule has 0 saturated carbocycles. The monoisotopic (exact) mass is 277 g/mol. The van der Waals surface area contributed by atoms with E-state index >= 15 is 0 Å². The van der Waals surface area contributed by atoms with Gasteiger partial charge in [0.15, 0.2) is 0 Å². The first-order chi connectivity index (χ1) is 9.20. The first-order valence-corrected chi connectivity index (χ1v) is 7.11. The maximum atomic E-state index is 5.98. The molecule has 0 fully saturated rings. The minimum atomic E-state index is 0.416. The summed E-state index contributed by atoms with van der Waals surface area (Å²) in [6, 6.07) is 5.77. The number of nitrogen functional groups attached to an aromatic ring is 1. The van der Waals surface area contributed by atoms with Crippen molar-refractivity contribution in [3.8, 4) is 5.75 Å². The molecular formula is C14H19N3OS. The molecule has 19 heavy (non-hydrogen) atoms. The third-order valence-corrected chi connectivity index (χ3v) is 4.00. The lowest BCUT2D eigenvalue weighted by Gasteiger charge is -2.12. The van der Waals surface area contributed by atoms with Gasteiger partial charge in [0.2, 0.25) is 0 Å². The smallest absolute Gasteiger partial charge is 0.120 e. The van der Waals surface area contributed by atoms with E-state index < -0.39 is 0 Å². The van der Waals surface area contributed by atoms with E-state index in [1.807, 2.05) is 29.8 Å². The molecule has 1 atom stereocenters. The Morgan fingerprint density at radius 1 is 1.47 bits per heavy atom. The number of hydrogen-bond acceptors (Lipinski definition) is 5. The van der Waals surface area contributed by atoms with Gasteiger partial charge in [-0.25, -0.2) is 4.98 Å². The second-order valence-corrected chi connectivity index (χ2v) is 5.39. The Morgan fingerprint density at radius 2 is 2.32 bits per heavy atom. The molecule has 0 aliphatic heterocycles. The number of nitrogens with two attached hydrogens (primary N) is 1. The van der Waals surface area contributed by atoms with Crippen molar-refractivity contribution < 1.29 is 4.74 Å². The quantitative estimate of drug-likeness (QED) is 0.797. The fraction of sp³-hybridized carbons (Fsp3) is 0.357. The van der Waals surface area contributed by atoms with Gasteiger partial charge in [-0.1, -0.05) is 13.0 Å². The Morgan fingerprint density at radius 3 is 2.95 bits per heavy atom. The molecule has 0 aliphatic carbocycles. The third kappa shape index (κ3) is 3.68. The van der Waals surface area contributed by atoms with Crippen LogP contribution in [0.25, 0.3) is 0 Å². The Balaban J connectivity index is 1.86. The second kappa shape index (κ2) is 6.54. The normalized spacial score (nSPS) is 12.3. The van der Waals surface area contributed by atoms with Crippen molar-refractivity contribution in [2.24, 2.45) is 0 Å². The second-order valence-electron chi connectivity index (χ2n) is 4.47. The van der Waals surface area contributed by atoms with Crippen LogP contribution in [0.1, 0.15) is 23.4 Å². The first-order valence-electron chi connectivity index (χ1n) is 6.23. The average Bonchev–Trinajstić information content (AvgIpc) is 2.94. The van der Waals surface area contributed by atoms with Gasteiger partial charge in [0.1, 0.15) is 5.75 Å². The molecule has 2 aromatic rings. The molecule has 1 aromatic carbocycles. The van der Waals surface area contributed by atoms with Gasteiger partial charge in [-0.05, 0) is 11.6 Å². The van der Waals surface area contributed by atoms with Crippen LogP contribution in [0.15, 0.2) is 29.8 Å². The maximum Gasteiger partial charge on any atom is 0.120 e. The van der Waals surface area contributed by atoms with Gasteiger partial charge in [0.25, 0.3) is 0 Å². The molecule has 1 aromatic heterocycles. The molecule has 0 saturated heterocycles. The minimum absolute atomic E-state index is 0.416. The topological polar surface area (TPSA) is 60.2 Å². The van der Waals surface area contributed by atoms with Crippen LogP contribution in [0, 0.1) is 0 Å². The maximum absolute atomic E-state index is 5.98. The van der Waals surface area contributed by atoms with E-state index in [2.05, 4.69) is 17.2 Å². The van der Waals surface area contributed by atoms with Gasteiger partial charge in [0, 0.05) is 42.3 Å². The number of thiazole rings is 1. The van der Waals surface area contributed by atoms with E-state index in [1.54, 1.807) is 18.4 Å². The average molecular weight is 277 g/mol. The van der Waals surface area contributed by atoms with Crippen molar-refractivity contribution in [3.05, 3.63) is 40.3 Å². The highest BCUT2D eigenvalue weighted by molar-refractivity contribution is 7.09. The van der Waals surface area contributed by atoms with Gasteiger partial charge in [0.05, 0.1) is 12.1 Å². The fourth-order valence-corrected chi connectivity index (χ4v) is 2.55. The molecule has 0 radical (unpaired) electrons. The van der Waals surface area contributed by atoms with Gasteiger partial charge in [-0.2, -0.15) is 0 Å². The molecule has 1 unspecified atom stereocenters. The summed E-state index contributed by atoms with van der Waals surface area (Å²) in [5, 5.41) is 6.58. The summed E-state index contributed by atoms with van der Waals surface area (Å²) >= 11 is 1.69. The van der Waals surface area contributed by atoms with Crippen LogP contribution in [0.3, 0.4) is 0 Å². The van der Waals surface area contributed by atoms with E-state index in [-0.39, 0.29) is 0 Å². The lowest BCUT2D eigenvalue weighted by molar-refractivity contribution is 0.415. The Hall–Kier alpha value is -1.59. The molecule has 5 heteroatoms. The van der Waals surface area contributed by atoms with Crippen molar-refractivity contribution in [2.45, 2.75) is 19.4 Å². The van der Waals surface area contributed by atoms with E-state index in [9.17, 15) is 0 Å². The predicted octanol–water partition coefficient (Wildman–Crippen LogP) is 2.63. The lowest BCUT2D eigenvalue weighted by atomic mass is 10.1. The predicted molar refractivity (Wildman–Crippen MR) is 79.6 cm³/mol. The summed E-state index contributed by atoms with van der Waals surface area (Å²) in [5.74, 6) is 1.21. The SMILES string of the molecule is COc1ccc(CNCC(C)c2nccs2)c(N)c1. The van der Waals surface area contributed by atoms with Crippen LogP contribution in [0.4, 0.5) is 5.69 Å². The molecule has 0 bridgehead atoms. The lowest BCUT2D eigenvalue weighted by Crippen LogP contribution is -2.20. The van der Waals surface area contributed by atoms with E-state index in [1.165, 1.54) is 0 Å². The van der Waals surface area contributed by atoms with Crippen molar-refractivity contribution in [1.82, 2.24) is 10.3 Å². The number of aromatic nitrogens is 1. The molecule has 102 valence electrons. The van der Waals surface area contributed by atoms with Crippen LogP contribution in [-0.2, 0) is 6.54 Å². The zero-order chi connectivity index (χ0) is 13.7. The van der Waals surface area contributed by atoms with Gasteiger partial charge < -0.3 is 15.8 Å². The molecule has 3 N–H and O–H groups in total. The highest BCUT2D eigenvalue weighted by atomic mass is 32.1. The Labute approximate surface area is 117 Å². The van der Waals surface area contributed by atoms with Gasteiger partial charge >= 0.3 is 0 Å². The molecular weight excluding hydrogens is 258 g/mol. The van der Waals surface area contributed by atoms with E-state index in [0.29, 0.717) is 5.92 Å². The third-order valence-electron chi connectivity index (χ3n) is 2.99. The van der Waals surface area contributed by atoms with Crippen LogP contribution in [0.5, 0.6) is 5.75 Å². The number of nitrogens with one attached hydrogen (secondary N) is 1. The van der Waals surface area contributed by atoms with Crippen LogP contribution in [-0.4, -0.2) is 18.6 Å². The van der Waals surface area contributed by atoms with Crippen molar-refractivity contribution in [1.29, 1.82) is 0 Å². The number of nitrogens with zero attached hydrogens (tertiary/aromatic N) is 1. The van der Waals surface area contributed by atoms with Crippen LogP contribution >= 0.6 is 11.3 Å².